The van der Waals surface area contributed by atoms with Gasteiger partial charge in [-0.05, 0) is 20.8 Å². The molecule has 1 aliphatic heterocycles. The van der Waals surface area contributed by atoms with Gasteiger partial charge in [-0.3, -0.25) is 9.80 Å². The van der Waals surface area contributed by atoms with E-state index >= 15 is 0 Å². The number of ether oxygens (including phenoxy) is 1. The van der Waals surface area contributed by atoms with E-state index in [1.54, 1.807) is 13.8 Å². The molecule has 102 valence electrons. The lowest BCUT2D eigenvalue weighted by Gasteiger charge is -2.40. The number of rotatable bonds is 6. The highest BCUT2D eigenvalue weighted by atomic mass is 16.5. The summed E-state index contributed by atoms with van der Waals surface area (Å²) in [5, 5.41) is 19.0. The second-order valence-corrected chi connectivity index (χ2v) is 4.93. The summed E-state index contributed by atoms with van der Waals surface area (Å²) in [4.78, 5) is 4.45. The van der Waals surface area contributed by atoms with Crippen molar-refractivity contribution in [3.63, 3.8) is 0 Å². The van der Waals surface area contributed by atoms with Gasteiger partial charge in [0.1, 0.15) is 0 Å². The predicted molar refractivity (Wildman–Crippen MR) is 66.8 cm³/mol. The van der Waals surface area contributed by atoms with E-state index in [1.807, 2.05) is 0 Å². The summed E-state index contributed by atoms with van der Waals surface area (Å²) < 4.78 is 5.33. The molecule has 0 bridgehead atoms. The molecule has 5 nitrogen and oxygen atoms in total. The average Bonchev–Trinajstić information content (AvgIpc) is 2.27. The molecular weight excluding hydrogens is 220 g/mol. The predicted octanol–water partition coefficient (Wildman–Crippen LogP) is -0.272. The molecule has 5 heteroatoms. The first-order chi connectivity index (χ1) is 8.00. The van der Waals surface area contributed by atoms with E-state index in [1.165, 1.54) is 0 Å². The van der Waals surface area contributed by atoms with Crippen molar-refractivity contribution in [2.24, 2.45) is 0 Å². The van der Waals surface area contributed by atoms with Gasteiger partial charge in [0.25, 0.3) is 0 Å². The van der Waals surface area contributed by atoms with Crippen LogP contribution in [0.1, 0.15) is 20.8 Å². The van der Waals surface area contributed by atoms with Crippen LogP contribution in [0.25, 0.3) is 0 Å². The van der Waals surface area contributed by atoms with Gasteiger partial charge in [0, 0.05) is 26.2 Å². The van der Waals surface area contributed by atoms with Crippen LogP contribution < -0.4 is 0 Å². The summed E-state index contributed by atoms with van der Waals surface area (Å²) in [5.41, 5.74) is 0. The van der Waals surface area contributed by atoms with Crippen molar-refractivity contribution in [1.82, 2.24) is 9.80 Å². The summed E-state index contributed by atoms with van der Waals surface area (Å²) in [6, 6.07) is 0. The molecule has 1 rings (SSSR count). The number of nitrogens with zero attached hydrogens (tertiary/aromatic N) is 2. The summed E-state index contributed by atoms with van der Waals surface area (Å²) in [7, 11) is 0. The number of hydrogen-bond acceptors (Lipinski definition) is 5. The summed E-state index contributed by atoms with van der Waals surface area (Å²) >= 11 is 0. The number of morpholine rings is 1. The van der Waals surface area contributed by atoms with Crippen LogP contribution in [0.4, 0.5) is 0 Å². The van der Waals surface area contributed by atoms with E-state index in [2.05, 4.69) is 16.7 Å². The minimum absolute atomic E-state index is 0.225. The molecule has 0 aromatic carbocycles. The third-order valence-electron chi connectivity index (χ3n) is 3.10. The van der Waals surface area contributed by atoms with Crippen LogP contribution in [0, 0.1) is 0 Å². The number of hydrogen-bond donors (Lipinski definition) is 2. The Hall–Kier alpha value is -0.200. The molecule has 0 saturated carbocycles. The molecule has 3 unspecified atom stereocenters. The fourth-order valence-corrected chi connectivity index (χ4v) is 2.24. The number of aliphatic hydroxyl groups is 2. The Morgan fingerprint density at radius 3 is 1.94 bits per heavy atom. The van der Waals surface area contributed by atoms with Crippen LogP contribution in [0.5, 0.6) is 0 Å². The summed E-state index contributed by atoms with van der Waals surface area (Å²) in [6.07, 6.45) is -0.530. The van der Waals surface area contributed by atoms with Crippen molar-refractivity contribution >= 4 is 0 Å². The normalized spacial score (nSPS) is 23.6. The zero-order valence-corrected chi connectivity index (χ0v) is 11.2. The van der Waals surface area contributed by atoms with E-state index in [9.17, 15) is 10.2 Å². The molecule has 1 heterocycles. The average molecular weight is 246 g/mol. The second kappa shape index (κ2) is 7.28. The molecule has 3 atom stereocenters. The minimum Gasteiger partial charge on any atom is -0.392 e. The van der Waals surface area contributed by atoms with Crippen molar-refractivity contribution < 1.29 is 14.9 Å². The molecule has 0 aromatic rings. The fraction of sp³-hybridized carbons (Fsp3) is 1.00. The standard InChI is InChI=1S/C12H26N2O3/c1-10(15)8-14(9-11(2)16)12(3)13-4-6-17-7-5-13/h10-12,15-16H,4-9H2,1-3H3. The Balaban J connectivity index is 2.53. The first-order valence-corrected chi connectivity index (χ1v) is 6.42. The van der Waals surface area contributed by atoms with Gasteiger partial charge in [0.05, 0.1) is 31.6 Å². The van der Waals surface area contributed by atoms with Crippen molar-refractivity contribution in [1.29, 1.82) is 0 Å². The van der Waals surface area contributed by atoms with Gasteiger partial charge < -0.3 is 14.9 Å². The Labute approximate surface area is 104 Å². The van der Waals surface area contributed by atoms with Crippen LogP contribution in [0.15, 0.2) is 0 Å². The van der Waals surface area contributed by atoms with Crippen molar-refractivity contribution in [3.8, 4) is 0 Å². The molecule has 2 N–H and O–H groups in total. The van der Waals surface area contributed by atoms with Crippen LogP contribution in [0.3, 0.4) is 0 Å². The van der Waals surface area contributed by atoms with Crippen LogP contribution in [-0.2, 0) is 4.74 Å². The Morgan fingerprint density at radius 1 is 1.06 bits per heavy atom. The topological polar surface area (TPSA) is 56.2 Å². The minimum atomic E-state index is -0.378. The maximum Gasteiger partial charge on any atom is 0.0639 e. The van der Waals surface area contributed by atoms with Crippen molar-refractivity contribution in [2.45, 2.75) is 39.1 Å². The maximum atomic E-state index is 9.52. The molecule has 0 aromatic heterocycles. The quantitative estimate of drug-likeness (QED) is 0.675. The van der Waals surface area contributed by atoms with Gasteiger partial charge in [0.2, 0.25) is 0 Å². The number of aliphatic hydroxyl groups excluding tert-OH is 2. The van der Waals surface area contributed by atoms with Crippen LogP contribution in [0.2, 0.25) is 0 Å². The molecule has 0 radical (unpaired) electrons. The third kappa shape index (κ3) is 5.31. The van der Waals surface area contributed by atoms with Gasteiger partial charge in [-0.1, -0.05) is 0 Å². The molecule has 1 aliphatic rings. The molecule has 0 spiro atoms. The van der Waals surface area contributed by atoms with Gasteiger partial charge in [-0.2, -0.15) is 0 Å². The lowest BCUT2D eigenvalue weighted by atomic mass is 10.2. The molecular formula is C12H26N2O3. The van der Waals surface area contributed by atoms with Gasteiger partial charge in [0.15, 0.2) is 0 Å². The Morgan fingerprint density at radius 2 is 1.53 bits per heavy atom. The first kappa shape index (κ1) is 14.9. The lowest BCUT2D eigenvalue weighted by Crippen LogP contribution is -2.53. The zero-order valence-electron chi connectivity index (χ0n) is 11.2. The van der Waals surface area contributed by atoms with E-state index in [-0.39, 0.29) is 18.4 Å². The van der Waals surface area contributed by atoms with Gasteiger partial charge >= 0.3 is 0 Å². The summed E-state index contributed by atoms with van der Waals surface area (Å²) in [6.45, 7) is 10.2. The maximum absolute atomic E-state index is 9.52. The van der Waals surface area contributed by atoms with Crippen LogP contribution >= 0.6 is 0 Å². The molecule has 1 fully saturated rings. The van der Waals surface area contributed by atoms with E-state index in [4.69, 9.17) is 4.74 Å². The molecule has 0 aliphatic carbocycles. The lowest BCUT2D eigenvalue weighted by molar-refractivity contribution is -0.0465. The van der Waals surface area contributed by atoms with Gasteiger partial charge in [-0.25, -0.2) is 0 Å². The first-order valence-electron chi connectivity index (χ1n) is 6.42. The summed E-state index contributed by atoms with van der Waals surface area (Å²) in [5.74, 6) is 0. The van der Waals surface area contributed by atoms with Crippen LogP contribution in [-0.4, -0.2) is 77.8 Å². The monoisotopic (exact) mass is 246 g/mol. The zero-order chi connectivity index (χ0) is 12.8. The fourth-order valence-electron chi connectivity index (χ4n) is 2.24. The highest BCUT2D eigenvalue weighted by Gasteiger charge is 2.24. The van der Waals surface area contributed by atoms with Gasteiger partial charge in [-0.15, -0.1) is 0 Å². The van der Waals surface area contributed by atoms with E-state index in [0.29, 0.717) is 13.1 Å². The highest BCUT2D eigenvalue weighted by molar-refractivity contribution is 4.74. The Bertz CT molecular complexity index is 196. The van der Waals surface area contributed by atoms with Crippen molar-refractivity contribution in [2.75, 3.05) is 39.4 Å². The van der Waals surface area contributed by atoms with E-state index < -0.39 is 0 Å². The second-order valence-electron chi connectivity index (χ2n) is 4.93. The third-order valence-corrected chi connectivity index (χ3v) is 3.10. The Kier molecular flexibility index (Phi) is 6.37. The highest BCUT2D eigenvalue weighted by Crippen LogP contribution is 2.10. The van der Waals surface area contributed by atoms with Crippen molar-refractivity contribution in [3.05, 3.63) is 0 Å². The van der Waals surface area contributed by atoms with E-state index in [0.717, 1.165) is 26.3 Å². The largest absolute Gasteiger partial charge is 0.392 e. The molecule has 17 heavy (non-hydrogen) atoms. The SMILES string of the molecule is CC(O)CN(CC(C)O)C(C)N1CCOCC1. The molecule has 0 amide bonds. The smallest absolute Gasteiger partial charge is 0.0639 e. The molecule has 1 saturated heterocycles.